The molecular formula is C16H18N2O2S2. The van der Waals surface area contributed by atoms with Gasteiger partial charge in [-0.2, -0.15) is 11.8 Å². The number of nitrogens with zero attached hydrogens (tertiary/aromatic N) is 2. The molecule has 2 aliphatic heterocycles. The maximum absolute atomic E-state index is 6.02. The monoisotopic (exact) mass is 334 g/mol. The van der Waals surface area contributed by atoms with Crippen LogP contribution in [0.4, 0.5) is 0 Å². The third kappa shape index (κ3) is 2.92. The average molecular weight is 334 g/mol. The second-order valence-electron chi connectivity index (χ2n) is 5.51. The molecular weight excluding hydrogens is 316 g/mol. The van der Waals surface area contributed by atoms with Crippen LogP contribution in [0.25, 0.3) is 0 Å². The molecule has 0 radical (unpaired) electrons. The highest BCUT2D eigenvalue weighted by Gasteiger charge is 2.35. The summed E-state index contributed by atoms with van der Waals surface area (Å²) in [6.07, 6.45) is 0.969. The van der Waals surface area contributed by atoms with Gasteiger partial charge in [-0.3, -0.25) is 0 Å². The zero-order valence-corrected chi connectivity index (χ0v) is 13.8. The van der Waals surface area contributed by atoms with Gasteiger partial charge in [0.2, 0.25) is 11.8 Å². The predicted molar refractivity (Wildman–Crippen MR) is 89.3 cm³/mol. The Kier molecular flexibility index (Phi) is 4.41. The van der Waals surface area contributed by atoms with Crippen LogP contribution in [0.15, 0.2) is 34.7 Å². The van der Waals surface area contributed by atoms with Crippen molar-refractivity contribution < 1.29 is 9.15 Å². The van der Waals surface area contributed by atoms with Crippen LogP contribution in [0.5, 0.6) is 0 Å². The Hall–Kier alpha value is -0.980. The molecule has 4 nitrogen and oxygen atoms in total. The van der Waals surface area contributed by atoms with E-state index in [2.05, 4.69) is 22.3 Å². The second kappa shape index (κ2) is 6.64. The van der Waals surface area contributed by atoms with Crippen molar-refractivity contribution in [2.24, 2.45) is 0 Å². The third-order valence-electron chi connectivity index (χ3n) is 4.08. The summed E-state index contributed by atoms with van der Waals surface area (Å²) in [5.41, 5.74) is 1.19. The van der Waals surface area contributed by atoms with Crippen LogP contribution in [-0.2, 0) is 4.74 Å². The molecule has 6 heteroatoms. The molecule has 0 spiro atoms. The fourth-order valence-corrected chi connectivity index (χ4v) is 5.55. The van der Waals surface area contributed by atoms with E-state index in [1.54, 1.807) is 0 Å². The lowest BCUT2D eigenvalue weighted by molar-refractivity contribution is 0.0997. The molecule has 4 rings (SSSR count). The molecule has 1 aromatic heterocycles. The van der Waals surface area contributed by atoms with E-state index in [1.165, 1.54) is 11.3 Å². The molecule has 0 unspecified atom stereocenters. The van der Waals surface area contributed by atoms with Gasteiger partial charge in [-0.15, -0.1) is 22.0 Å². The number of ether oxygens (including phenoxy) is 1. The zero-order chi connectivity index (χ0) is 14.8. The smallest absolute Gasteiger partial charge is 0.230 e. The molecule has 0 amide bonds. The molecule has 2 saturated heterocycles. The first kappa shape index (κ1) is 14.6. The average Bonchev–Trinajstić information content (AvgIpc) is 3.25. The molecule has 0 N–H and O–H groups in total. The highest BCUT2D eigenvalue weighted by molar-refractivity contribution is 8.06. The van der Waals surface area contributed by atoms with Crippen molar-refractivity contribution in [2.45, 2.75) is 23.7 Å². The van der Waals surface area contributed by atoms with Gasteiger partial charge in [-0.05, 0) is 12.0 Å². The highest BCUT2D eigenvalue weighted by Crippen LogP contribution is 2.42. The fraction of sp³-hybridized carbons (Fsp3) is 0.500. The van der Waals surface area contributed by atoms with E-state index < -0.39 is 0 Å². The van der Waals surface area contributed by atoms with E-state index in [1.807, 2.05) is 41.7 Å². The van der Waals surface area contributed by atoms with Crippen LogP contribution in [0.1, 0.15) is 41.0 Å². The van der Waals surface area contributed by atoms with Crippen molar-refractivity contribution >= 4 is 23.5 Å². The number of aromatic nitrogens is 2. The first-order chi connectivity index (χ1) is 10.9. The number of hydrogen-bond acceptors (Lipinski definition) is 6. The first-order valence-corrected chi connectivity index (χ1v) is 9.81. The minimum atomic E-state index is 0.0304. The Morgan fingerprint density at radius 1 is 1.05 bits per heavy atom. The topological polar surface area (TPSA) is 48.2 Å². The SMILES string of the molecule is c1ccc([C@H]2OCC[C@@H]2c2nnc([C@@H]3CSCCS3)o2)cc1. The lowest BCUT2D eigenvalue weighted by Crippen LogP contribution is -2.07. The van der Waals surface area contributed by atoms with Crippen molar-refractivity contribution in [3.05, 3.63) is 47.7 Å². The normalized spacial score (nSPS) is 28.8. The van der Waals surface area contributed by atoms with E-state index in [-0.39, 0.29) is 12.0 Å². The number of rotatable bonds is 3. The third-order valence-corrected chi connectivity index (χ3v) is 6.83. The van der Waals surface area contributed by atoms with Crippen molar-refractivity contribution in [2.75, 3.05) is 23.9 Å². The Morgan fingerprint density at radius 2 is 1.91 bits per heavy atom. The summed E-state index contributed by atoms with van der Waals surface area (Å²) < 4.78 is 11.9. The van der Waals surface area contributed by atoms with Crippen molar-refractivity contribution in [1.82, 2.24) is 10.2 Å². The number of hydrogen-bond donors (Lipinski definition) is 0. The molecule has 2 fully saturated rings. The quantitative estimate of drug-likeness (QED) is 0.850. The molecule has 0 aliphatic carbocycles. The van der Waals surface area contributed by atoms with Crippen LogP contribution < -0.4 is 0 Å². The summed E-state index contributed by atoms with van der Waals surface area (Å²) in [4.78, 5) is 0. The molecule has 3 heterocycles. The van der Waals surface area contributed by atoms with Gasteiger partial charge in [0.15, 0.2) is 0 Å². The van der Waals surface area contributed by atoms with Crippen molar-refractivity contribution in [3.8, 4) is 0 Å². The molecule has 0 bridgehead atoms. The van der Waals surface area contributed by atoms with Gasteiger partial charge < -0.3 is 9.15 Å². The molecule has 3 atom stereocenters. The lowest BCUT2D eigenvalue weighted by atomic mass is 9.95. The van der Waals surface area contributed by atoms with E-state index in [4.69, 9.17) is 9.15 Å². The fourth-order valence-electron chi connectivity index (χ4n) is 2.97. The summed E-state index contributed by atoms with van der Waals surface area (Å²) in [5.74, 6) is 5.13. The lowest BCUT2D eigenvalue weighted by Gasteiger charge is -2.18. The summed E-state index contributed by atoms with van der Waals surface area (Å²) in [6.45, 7) is 0.746. The largest absolute Gasteiger partial charge is 0.424 e. The zero-order valence-electron chi connectivity index (χ0n) is 12.2. The second-order valence-corrected chi connectivity index (χ2v) is 7.97. The standard InChI is InChI=1S/C16H18N2O2S2/c1-2-4-11(5-3-1)14-12(6-7-19-14)15-17-18-16(20-15)13-10-21-8-9-22-13/h1-5,12-14H,6-10H2/t12-,13-,14+/m0/s1. The Balaban J connectivity index is 1.55. The summed E-state index contributed by atoms with van der Waals surface area (Å²) in [7, 11) is 0. The molecule has 0 saturated carbocycles. The van der Waals surface area contributed by atoms with E-state index >= 15 is 0 Å². The van der Waals surface area contributed by atoms with Gasteiger partial charge >= 0.3 is 0 Å². The van der Waals surface area contributed by atoms with Gasteiger partial charge in [0.05, 0.1) is 17.3 Å². The minimum absolute atomic E-state index is 0.0304. The van der Waals surface area contributed by atoms with Crippen LogP contribution in [0, 0.1) is 0 Å². The Bertz CT molecular complexity index is 614. The van der Waals surface area contributed by atoms with Crippen LogP contribution in [0.3, 0.4) is 0 Å². The van der Waals surface area contributed by atoms with Gasteiger partial charge in [-0.25, -0.2) is 0 Å². The molecule has 2 aromatic rings. The van der Waals surface area contributed by atoms with Gasteiger partial charge in [-0.1, -0.05) is 30.3 Å². The Labute approximate surface area is 138 Å². The maximum atomic E-state index is 6.02. The van der Waals surface area contributed by atoms with E-state index in [0.717, 1.165) is 36.3 Å². The predicted octanol–water partition coefficient (Wildman–Crippen LogP) is 3.84. The maximum Gasteiger partial charge on any atom is 0.230 e. The molecule has 1 aromatic carbocycles. The molecule has 116 valence electrons. The number of thioether (sulfide) groups is 2. The van der Waals surface area contributed by atoms with Gasteiger partial charge in [0, 0.05) is 23.9 Å². The van der Waals surface area contributed by atoms with Gasteiger partial charge in [0.1, 0.15) is 0 Å². The first-order valence-electron chi connectivity index (χ1n) is 7.61. The van der Waals surface area contributed by atoms with E-state index in [9.17, 15) is 0 Å². The number of benzene rings is 1. The van der Waals surface area contributed by atoms with Crippen molar-refractivity contribution in [1.29, 1.82) is 0 Å². The summed E-state index contributed by atoms with van der Waals surface area (Å²) in [5, 5.41) is 8.98. The Morgan fingerprint density at radius 3 is 2.73 bits per heavy atom. The summed E-state index contributed by atoms with van der Waals surface area (Å²) >= 11 is 3.88. The summed E-state index contributed by atoms with van der Waals surface area (Å²) in [6, 6.07) is 10.3. The van der Waals surface area contributed by atoms with Gasteiger partial charge in [0.25, 0.3) is 0 Å². The van der Waals surface area contributed by atoms with Crippen molar-refractivity contribution in [3.63, 3.8) is 0 Å². The van der Waals surface area contributed by atoms with Crippen LogP contribution in [-0.4, -0.2) is 34.1 Å². The van der Waals surface area contributed by atoms with Crippen LogP contribution in [0.2, 0.25) is 0 Å². The minimum Gasteiger partial charge on any atom is -0.424 e. The van der Waals surface area contributed by atoms with E-state index in [0.29, 0.717) is 5.25 Å². The molecule has 22 heavy (non-hydrogen) atoms. The molecule has 2 aliphatic rings. The highest BCUT2D eigenvalue weighted by atomic mass is 32.2. The van der Waals surface area contributed by atoms with Crippen LogP contribution >= 0.6 is 23.5 Å².